The van der Waals surface area contributed by atoms with Gasteiger partial charge < -0.3 is 10.1 Å². The predicted molar refractivity (Wildman–Crippen MR) is 88.6 cm³/mol. The first-order valence-corrected chi connectivity index (χ1v) is 7.59. The van der Waals surface area contributed by atoms with Gasteiger partial charge in [0.05, 0.1) is 17.8 Å². The highest BCUT2D eigenvalue weighted by atomic mass is 16.5. The molecule has 0 bridgehead atoms. The molecule has 5 nitrogen and oxygen atoms in total. The van der Waals surface area contributed by atoms with Gasteiger partial charge in [0.25, 0.3) is 5.91 Å². The van der Waals surface area contributed by atoms with E-state index in [1.165, 1.54) is 0 Å². The number of aromatic nitrogens is 2. The average Bonchev–Trinajstić information content (AvgIpc) is 2.96. The molecule has 0 aliphatic rings. The highest BCUT2D eigenvalue weighted by Crippen LogP contribution is 2.14. The highest BCUT2D eigenvalue weighted by molar-refractivity contribution is 5.94. The fourth-order valence-corrected chi connectivity index (χ4v) is 2.36. The Balaban J connectivity index is 1.65. The first-order valence-electron chi connectivity index (χ1n) is 7.59. The molecule has 1 N–H and O–H groups in total. The Bertz CT molecular complexity index is 807. The molecule has 2 heterocycles. The number of nitrogens with one attached hydrogen (secondary N) is 1. The molecule has 3 rings (SSSR count). The Hall–Kier alpha value is -2.82. The molecule has 1 aromatic carbocycles. The van der Waals surface area contributed by atoms with E-state index in [0.29, 0.717) is 12.1 Å². The SMILES string of the molecule is CC(C)Oc1ccc(C(=O)NCc2cnn3ccccc23)cc1. The average molecular weight is 309 g/mol. The van der Waals surface area contributed by atoms with Gasteiger partial charge in [-0.05, 0) is 50.2 Å². The van der Waals surface area contributed by atoms with Crippen LogP contribution in [0.25, 0.3) is 5.52 Å². The number of carbonyl (C=O) groups excluding carboxylic acids is 1. The van der Waals surface area contributed by atoms with Crippen molar-refractivity contribution in [2.75, 3.05) is 0 Å². The number of fused-ring (bicyclic) bond motifs is 1. The van der Waals surface area contributed by atoms with Crippen LogP contribution in [-0.2, 0) is 6.54 Å². The monoisotopic (exact) mass is 309 g/mol. The first-order chi connectivity index (χ1) is 11.1. The van der Waals surface area contributed by atoms with Gasteiger partial charge in [-0.25, -0.2) is 4.52 Å². The summed E-state index contributed by atoms with van der Waals surface area (Å²) in [4.78, 5) is 12.2. The van der Waals surface area contributed by atoms with Crippen LogP contribution in [-0.4, -0.2) is 21.6 Å². The van der Waals surface area contributed by atoms with E-state index in [0.717, 1.165) is 16.8 Å². The summed E-state index contributed by atoms with van der Waals surface area (Å²) >= 11 is 0. The van der Waals surface area contributed by atoms with Gasteiger partial charge >= 0.3 is 0 Å². The van der Waals surface area contributed by atoms with Gasteiger partial charge in [-0.2, -0.15) is 5.10 Å². The molecular weight excluding hydrogens is 290 g/mol. The van der Waals surface area contributed by atoms with Crippen LogP contribution in [0.5, 0.6) is 5.75 Å². The van der Waals surface area contributed by atoms with Crippen LogP contribution in [0.15, 0.2) is 54.9 Å². The zero-order valence-corrected chi connectivity index (χ0v) is 13.2. The van der Waals surface area contributed by atoms with E-state index in [1.807, 2.05) is 50.4 Å². The van der Waals surface area contributed by atoms with Crippen molar-refractivity contribution in [3.05, 3.63) is 66.0 Å². The van der Waals surface area contributed by atoms with Crippen molar-refractivity contribution in [3.63, 3.8) is 0 Å². The fourth-order valence-electron chi connectivity index (χ4n) is 2.36. The van der Waals surface area contributed by atoms with Crippen molar-refractivity contribution in [1.82, 2.24) is 14.9 Å². The van der Waals surface area contributed by atoms with Crippen molar-refractivity contribution in [2.45, 2.75) is 26.5 Å². The number of ether oxygens (including phenoxy) is 1. The number of hydrogen-bond donors (Lipinski definition) is 1. The van der Waals surface area contributed by atoms with Gasteiger partial charge in [0.1, 0.15) is 5.75 Å². The maximum absolute atomic E-state index is 12.2. The Kier molecular flexibility index (Phi) is 4.28. The molecule has 0 saturated heterocycles. The number of nitrogens with zero attached hydrogens (tertiary/aromatic N) is 2. The topological polar surface area (TPSA) is 55.6 Å². The van der Waals surface area contributed by atoms with E-state index >= 15 is 0 Å². The first kappa shape index (κ1) is 15.1. The van der Waals surface area contributed by atoms with Crippen LogP contribution in [0.2, 0.25) is 0 Å². The van der Waals surface area contributed by atoms with Crippen molar-refractivity contribution in [1.29, 1.82) is 0 Å². The molecule has 0 atom stereocenters. The minimum atomic E-state index is -0.114. The van der Waals surface area contributed by atoms with Gasteiger partial charge in [-0.15, -0.1) is 0 Å². The Labute approximate surface area is 134 Å². The number of rotatable bonds is 5. The number of amides is 1. The third kappa shape index (κ3) is 3.51. The molecule has 0 aliphatic heterocycles. The van der Waals surface area contributed by atoms with E-state index in [9.17, 15) is 4.79 Å². The van der Waals surface area contributed by atoms with Crippen LogP contribution in [0.3, 0.4) is 0 Å². The second kappa shape index (κ2) is 6.52. The second-order valence-corrected chi connectivity index (χ2v) is 5.57. The van der Waals surface area contributed by atoms with Crippen molar-refractivity contribution in [3.8, 4) is 5.75 Å². The summed E-state index contributed by atoms with van der Waals surface area (Å²) in [5.74, 6) is 0.649. The minimum Gasteiger partial charge on any atom is -0.491 e. The zero-order chi connectivity index (χ0) is 16.2. The van der Waals surface area contributed by atoms with E-state index < -0.39 is 0 Å². The lowest BCUT2D eigenvalue weighted by molar-refractivity contribution is 0.0951. The summed E-state index contributed by atoms with van der Waals surface area (Å²) in [7, 11) is 0. The molecule has 5 heteroatoms. The summed E-state index contributed by atoms with van der Waals surface area (Å²) in [6.45, 7) is 4.38. The third-order valence-corrected chi connectivity index (χ3v) is 3.43. The molecule has 0 aliphatic carbocycles. The Morgan fingerprint density at radius 2 is 2.00 bits per heavy atom. The standard InChI is InChI=1S/C18H19N3O2/c1-13(2)23-16-8-6-14(7-9-16)18(22)19-11-15-12-20-21-10-4-3-5-17(15)21/h3-10,12-13H,11H2,1-2H3,(H,19,22). The summed E-state index contributed by atoms with van der Waals surface area (Å²) in [6.07, 6.45) is 3.77. The van der Waals surface area contributed by atoms with Gasteiger partial charge in [0.2, 0.25) is 0 Å². The summed E-state index contributed by atoms with van der Waals surface area (Å²) in [6, 6.07) is 13.0. The zero-order valence-electron chi connectivity index (χ0n) is 13.2. The van der Waals surface area contributed by atoms with Crippen molar-refractivity contribution in [2.24, 2.45) is 0 Å². The minimum absolute atomic E-state index is 0.114. The second-order valence-electron chi connectivity index (χ2n) is 5.57. The highest BCUT2D eigenvalue weighted by Gasteiger charge is 2.08. The summed E-state index contributed by atoms with van der Waals surface area (Å²) in [5.41, 5.74) is 2.59. The van der Waals surface area contributed by atoms with Gasteiger partial charge in [-0.1, -0.05) is 6.07 Å². The third-order valence-electron chi connectivity index (χ3n) is 3.43. The van der Waals surface area contributed by atoms with Crippen LogP contribution in [0.4, 0.5) is 0 Å². The van der Waals surface area contributed by atoms with E-state index in [1.54, 1.807) is 22.8 Å². The molecule has 0 spiro atoms. The molecule has 118 valence electrons. The van der Waals surface area contributed by atoms with Crippen molar-refractivity contribution < 1.29 is 9.53 Å². The molecule has 1 amide bonds. The molecule has 0 unspecified atom stereocenters. The predicted octanol–water partition coefficient (Wildman–Crippen LogP) is 3.05. The number of carbonyl (C=O) groups is 1. The number of hydrogen-bond acceptors (Lipinski definition) is 3. The van der Waals surface area contributed by atoms with Crippen LogP contribution in [0.1, 0.15) is 29.8 Å². The fraction of sp³-hybridized carbons (Fsp3) is 0.222. The van der Waals surface area contributed by atoms with E-state index in [4.69, 9.17) is 4.74 Å². The van der Waals surface area contributed by atoms with Gasteiger partial charge in [0.15, 0.2) is 0 Å². The normalized spacial score (nSPS) is 10.9. The Morgan fingerprint density at radius 1 is 1.22 bits per heavy atom. The molecule has 0 fully saturated rings. The van der Waals surface area contributed by atoms with E-state index in [2.05, 4.69) is 10.4 Å². The largest absolute Gasteiger partial charge is 0.491 e. The molecular formula is C18H19N3O2. The van der Waals surface area contributed by atoms with Crippen LogP contribution >= 0.6 is 0 Å². The molecule has 0 radical (unpaired) electrons. The maximum atomic E-state index is 12.2. The number of benzene rings is 1. The maximum Gasteiger partial charge on any atom is 0.251 e. The van der Waals surface area contributed by atoms with Gasteiger partial charge in [0, 0.05) is 23.9 Å². The Morgan fingerprint density at radius 3 is 2.74 bits per heavy atom. The smallest absolute Gasteiger partial charge is 0.251 e. The van der Waals surface area contributed by atoms with Crippen LogP contribution in [0, 0.1) is 0 Å². The lowest BCUT2D eigenvalue weighted by Crippen LogP contribution is -2.22. The summed E-state index contributed by atoms with van der Waals surface area (Å²) in [5, 5.41) is 7.18. The lowest BCUT2D eigenvalue weighted by Gasteiger charge is -2.10. The summed E-state index contributed by atoms with van der Waals surface area (Å²) < 4.78 is 7.36. The molecule has 23 heavy (non-hydrogen) atoms. The lowest BCUT2D eigenvalue weighted by atomic mass is 10.2. The van der Waals surface area contributed by atoms with E-state index in [-0.39, 0.29) is 12.0 Å². The number of pyridine rings is 1. The van der Waals surface area contributed by atoms with Crippen molar-refractivity contribution >= 4 is 11.4 Å². The quantitative estimate of drug-likeness (QED) is 0.788. The van der Waals surface area contributed by atoms with Crippen LogP contribution < -0.4 is 10.1 Å². The molecule has 0 saturated carbocycles. The van der Waals surface area contributed by atoms with Gasteiger partial charge in [-0.3, -0.25) is 4.79 Å². The molecule has 3 aromatic rings. The molecule has 2 aromatic heterocycles.